The van der Waals surface area contributed by atoms with Crippen molar-refractivity contribution in [1.82, 2.24) is 4.57 Å². The van der Waals surface area contributed by atoms with E-state index < -0.39 is 17.0 Å². The van der Waals surface area contributed by atoms with E-state index in [1.165, 1.54) is 0 Å². The van der Waals surface area contributed by atoms with Gasteiger partial charge in [-0.3, -0.25) is 9.10 Å². The van der Waals surface area contributed by atoms with E-state index in [-0.39, 0.29) is 6.42 Å². The minimum absolute atomic E-state index is 0.0937. The van der Waals surface area contributed by atoms with Crippen LogP contribution in [0, 0.1) is 13.8 Å². The number of aromatic nitrogens is 1. The number of anilines is 1. The van der Waals surface area contributed by atoms with E-state index >= 15 is 0 Å². The summed E-state index contributed by atoms with van der Waals surface area (Å²) in [6.45, 7) is 7.32. The van der Waals surface area contributed by atoms with Crippen molar-refractivity contribution in [2.45, 2.75) is 33.7 Å². The molecule has 0 amide bonds. The zero-order chi connectivity index (χ0) is 20.9. The summed E-state index contributed by atoms with van der Waals surface area (Å²) >= 11 is 6.09. The Balaban J connectivity index is 2.13. The van der Waals surface area contributed by atoms with Gasteiger partial charge >= 0.3 is 5.97 Å². The highest BCUT2D eigenvalue weighted by atomic mass is 35.5. The van der Waals surface area contributed by atoms with Crippen molar-refractivity contribution in [1.29, 1.82) is 0 Å². The Morgan fingerprint density at radius 2 is 1.90 bits per heavy atom. The molecule has 1 N–H and O–H groups in total. The Kier molecular flexibility index (Phi) is 5.17. The summed E-state index contributed by atoms with van der Waals surface area (Å²) in [6.07, 6.45) is -0.0937. The number of aryl methyl sites for hydroxylation is 1. The molecule has 0 saturated heterocycles. The van der Waals surface area contributed by atoms with E-state index in [2.05, 4.69) is 17.6 Å². The van der Waals surface area contributed by atoms with Gasteiger partial charge in [-0.15, -0.1) is 0 Å². The SMILES string of the molecule is CCS(=O)N1CCn2c(C)cc3c(-c4ccc(Cl)cc4)c(CC(=O)O)c(C)c1c32. The van der Waals surface area contributed by atoms with Crippen LogP contribution in [0.4, 0.5) is 5.69 Å². The first kappa shape index (κ1) is 20.0. The predicted octanol–water partition coefficient (Wildman–Crippen LogP) is 4.71. The summed E-state index contributed by atoms with van der Waals surface area (Å²) in [5, 5.41) is 11.3. The lowest BCUT2D eigenvalue weighted by Gasteiger charge is -2.33. The Morgan fingerprint density at radius 3 is 2.52 bits per heavy atom. The fourth-order valence-corrected chi connectivity index (χ4v) is 5.52. The lowest BCUT2D eigenvalue weighted by atomic mass is 9.89. The molecule has 5 nitrogen and oxygen atoms in total. The monoisotopic (exact) mass is 430 g/mol. The van der Waals surface area contributed by atoms with Gasteiger partial charge in [0, 0.05) is 34.9 Å². The van der Waals surface area contributed by atoms with E-state index in [1.807, 2.05) is 42.4 Å². The first-order valence-corrected chi connectivity index (χ1v) is 11.3. The fraction of sp³-hybridized carbons (Fsp3) is 0.318. The molecule has 0 radical (unpaired) electrons. The van der Waals surface area contributed by atoms with E-state index in [1.54, 1.807) is 0 Å². The molecule has 2 aromatic carbocycles. The van der Waals surface area contributed by atoms with Crippen molar-refractivity contribution in [2.75, 3.05) is 16.6 Å². The first-order valence-electron chi connectivity index (χ1n) is 9.62. The van der Waals surface area contributed by atoms with Crippen molar-refractivity contribution in [3.05, 3.63) is 52.2 Å². The molecular formula is C22H23ClN2O3S. The van der Waals surface area contributed by atoms with Gasteiger partial charge in [0.15, 0.2) is 0 Å². The van der Waals surface area contributed by atoms with Crippen LogP contribution in [0.1, 0.15) is 23.7 Å². The summed E-state index contributed by atoms with van der Waals surface area (Å²) in [6, 6.07) is 9.63. The molecular weight excluding hydrogens is 408 g/mol. The molecule has 1 unspecified atom stereocenters. The molecule has 4 rings (SSSR count). The molecule has 3 aromatic rings. The number of carboxylic acids is 1. The minimum atomic E-state index is -1.15. The molecule has 0 aliphatic carbocycles. The van der Waals surface area contributed by atoms with Gasteiger partial charge in [-0.2, -0.15) is 0 Å². The number of carboxylic acid groups (broad SMARTS) is 1. The van der Waals surface area contributed by atoms with Gasteiger partial charge in [0.05, 0.1) is 17.6 Å². The second-order valence-corrected chi connectivity index (χ2v) is 9.41. The van der Waals surface area contributed by atoms with Gasteiger partial charge in [-0.1, -0.05) is 30.7 Å². The van der Waals surface area contributed by atoms with E-state index in [0.717, 1.165) is 51.1 Å². The van der Waals surface area contributed by atoms with Gasteiger partial charge in [0.25, 0.3) is 0 Å². The van der Waals surface area contributed by atoms with Crippen molar-refractivity contribution in [2.24, 2.45) is 0 Å². The smallest absolute Gasteiger partial charge is 0.307 e. The van der Waals surface area contributed by atoms with Gasteiger partial charge < -0.3 is 9.67 Å². The van der Waals surface area contributed by atoms with Crippen LogP contribution >= 0.6 is 11.6 Å². The summed E-state index contributed by atoms with van der Waals surface area (Å²) in [5.74, 6) is -0.363. The maximum absolute atomic E-state index is 12.8. The maximum atomic E-state index is 12.8. The van der Waals surface area contributed by atoms with Crippen LogP contribution in [0.25, 0.3) is 22.0 Å². The molecule has 0 saturated carbocycles. The van der Waals surface area contributed by atoms with Crippen molar-refractivity contribution in [3.63, 3.8) is 0 Å². The van der Waals surface area contributed by atoms with Crippen LogP contribution < -0.4 is 4.31 Å². The summed E-state index contributed by atoms with van der Waals surface area (Å²) < 4.78 is 17.0. The number of rotatable bonds is 5. The second-order valence-electron chi connectivity index (χ2n) is 7.32. The quantitative estimate of drug-likeness (QED) is 0.637. The molecule has 29 heavy (non-hydrogen) atoms. The van der Waals surface area contributed by atoms with E-state index in [4.69, 9.17) is 11.6 Å². The van der Waals surface area contributed by atoms with Crippen LogP contribution in [-0.4, -0.2) is 32.1 Å². The highest BCUT2D eigenvalue weighted by Crippen LogP contribution is 2.45. The van der Waals surface area contributed by atoms with E-state index in [9.17, 15) is 14.1 Å². The minimum Gasteiger partial charge on any atom is -0.481 e. The third kappa shape index (κ3) is 3.24. The largest absolute Gasteiger partial charge is 0.481 e. The lowest BCUT2D eigenvalue weighted by molar-refractivity contribution is -0.136. The third-order valence-corrected chi connectivity index (χ3v) is 7.24. The molecule has 152 valence electrons. The number of halogens is 1. The Morgan fingerprint density at radius 1 is 1.21 bits per heavy atom. The molecule has 0 bridgehead atoms. The fourth-order valence-electron chi connectivity index (χ4n) is 4.37. The summed E-state index contributed by atoms with van der Waals surface area (Å²) in [4.78, 5) is 11.8. The number of hydrogen-bond donors (Lipinski definition) is 1. The second kappa shape index (κ2) is 7.50. The topological polar surface area (TPSA) is 62.5 Å². The van der Waals surface area contributed by atoms with Crippen molar-refractivity contribution >= 4 is 45.1 Å². The average Bonchev–Trinajstić information content (AvgIpc) is 3.02. The zero-order valence-corrected chi connectivity index (χ0v) is 18.2. The van der Waals surface area contributed by atoms with Crippen LogP contribution in [-0.2, 0) is 28.7 Å². The molecule has 7 heteroatoms. The zero-order valence-electron chi connectivity index (χ0n) is 16.7. The van der Waals surface area contributed by atoms with Crippen molar-refractivity contribution in [3.8, 4) is 11.1 Å². The average molecular weight is 431 g/mol. The third-order valence-electron chi connectivity index (χ3n) is 5.64. The van der Waals surface area contributed by atoms with Gasteiger partial charge in [-0.05, 0) is 54.3 Å². The lowest BCUT2D eigenvalue weighted by Crippen LogP contribution is -2.35. The van der Waals surface area contributed by atoms with Crippen LogP contribution in [0.2, 0.25) is 5.02 Å². The number of nitrogens with zero attached hydrogens (tertiary/aromatic N) is 2. The molecule has 0 fully saturated rings. The highest BCUT2D eigenvalue weighted by Gasteiger charge is 2.30. The summed E-state index contributed by atoms with van der Waals surface area (Å²) in [5.41, 5.74) is 6.55. The van der Waals surface area contributed by atoms with E-state index in [0.29, 0.717) is 17.3 Å². The molecule has 1 aliphatic heterocycles. The number of aliphatic carboxylic acids is 1. The van der Waals surface area contributed by atoms with Crippen LogP contribution in [0.15, 0.2) is 30.3 Å². The Labute approximate surface area is 177 Å². The Bertz CT molecular complexity index is 1150. The normalized spacial score (nSPS) is 14.4. The molecule has 1 aliphatic rings. The molecule has 0 spiro atoms. The molecule has 2 heterocycles. The highest BCUT2D eigenvalue weighted by molar-refractivity contribution is 7.86. The summed E-state index contributed by atoms with van der Waals surface area (Å²) in [7, 11) is -1.15. The predicted molar refractivity (Wildman–Crippen MR) is 119 cm³/mol. The van der Waals surface area contributed by atoms with Gasteiger partial charge in [0.1, 0.15) is 11.0 Å². The van der Waals surface area contributed by atoms with Crippen LogP contribution in [0.5, 0.6) is 0 Å². The Hall–Kier alpha value is -2.31. The number of benzene rings is 2. The van der Waals surface area contributed by atoms with Gasteiger partial charge in [-0.25, -0.2) is 4.21 Å². The standard InChI is InChI=1S/C22H23ClN2O3S/c1-4-29(28)25-10-9-24-13(2)11-18-20(15-5-7-16(23)8-6-15)17(12-19(26)27)14(3)21(25)22(18)24/h5-8,11H,4,9-10,12H2,1-3H3,(H,26,27). The van der Waals surface area contributed by atoms with Gasteiger partial charge in [0.2, 0.25) is 0 Å². The number of hydrogen-bond acceptors (Lipinski definition) is 2. The van der Waals surface area contributed by atoms with Crippen molar-refractivity contribution < 1.29 is 14.1 Å². The molecule has 1 aromatic heterocycles. The maximum Gasteiger partial charge on any atom is 0.307 e. The van der Waals surface area contributed by atoms with Crippen LogP contribution in [0.3, 0.4) is 0 Å². The first-order chi connectivity index (χ1) is 13.8. The number of carbonyl (C=O) groups is 1. The molecule has 1 atom stereocenters.